The van der Waals surface area contributed by atoms with Crippen molar-refractivity contribution >= 4 is 22.6 Å². The second kappa shape index (κ2) is 9.45. The Morgan fingerprint density at radius 2 is 2.06 bits per heavy atom. The number of carbonyl (C=O) groups is 1. The summed E-state index contributed by atoms with van der Waals surface area (Å²) in [4.78, 5) is 22.0. The molecule has 36 heavy (non-hydrogen) atoms. The van der Waals surface area contributed by atoms with Crippen LogP contribution in [0.3, 0.4) is 0 Å². The van der Waals surface area contributed by atoms with E-state index in [1.165, 1.54) is 6.92 Å². The van der Waals surface area contributed by atoms with Gasteiger partial charge in [-0.1, -0.05) is 0 Å². The Kier molecular flexibility index (Phi) is 6.48. The van der Waals surface area contributed by atoms with E-state index in [1.54, 1.807) is 19.4 Å². The number of hydrogen-bond donors (Lipinski definition) is 1. The highest BCUT2D eigenvalue weighted by Gasteiger charge is 2.40. The van der Waals surface area contributed by atoms with Crippen LogP contribution in [0, 0.1) is 6.92 Å². The third kappa shape index (κ3) is 4.35. The third-order valence-corrected chi connectivity index (χ3v) is 6.98. The smallest absolute Gasteiger partial charge is 0.282 e. The number of carbonyl (C=O) groups excluding carboxylic acids is 1. The molecule has 0 aromatic carbocycles. The van der Waals surface area contributed by atoms with E-state index in [-0.39, 0.29) is 24.9 Å². The van der Waals surface area contributed by atoms with Gasteiger partial charge in [-0.3, -0.25) is 9.69 Å². The highest BCUT2D eigenvalue weighted by molar-refractivity contribution is 5.92. The van der Waals surface area contributed by atoms with E-state index < -0.39 is 18.3 Å². The molecule has 11 heteroatoms. The van der Waals surface area contributed by atoms with Gasteiger partial charge in [-0.05, 0) is 30.2 Å². The molecule has 192 valence electrons. The van der Waals surface area contributed by atoms with Crippen molar-refractivity contribution in [2.45, 2.75) is 44.5 Å². The molecule has 2 saturated heterocycles. The van der Waals surface area contributed by atoms with Crippen LogP contribution in [0.2, 0.25) is 0 Å². The Labute approximate surface area is 206 Å². The lowest BCUT2D eigenvalue weighted by atomic mass is 9.91. The lowest BCUT2D eigenvalue weighted by Gasteiger charge is -2.40. The number of halogens is 3. The number of aromatic nitrogens is 3. The van der Waals surface area contributed by atoms with Crippen LogP contribution < -0.4 is 5.32 Å². The summed E-state index contributed by atoms with van der Waals surface area (Å²) in [6.45, 7) is 4.70. The van der Waals surface area contributed by atoms with Crippen molar-refractivity contribution in [2.24, 2.45) is 0 Å². The Hall–Kier alpha value is -3.02. The quantitative estimate of drug-likeness (QED) is 0.493. The Bertz CT molecular complexity index is 1290. The first-order chi connectivity index (χ1) is 17.2. The average Bonchev–Trinajstić information content (AvgIpc) is 3.43. The van der Waals surface area contributed by atoms with Crippen LogP contribution in [0.25, 0.3) is 16.7 Å². The van der Waals surface area contributed by atoms with Crippen molar-refractivity contribution in [2.75, 3.05) is 38.7 Å². The van der Waals surface area contributed by atoms with Gasteiger partial charge in [0.1, 0.15) is 17.2 Å². The third-order valence-electron chi connectivity index (χ3n) is 6.98. The molecule has 8 nitrogen and oxygen atoms in total. The summed E-state index contributed by atoms with van der Waals surface area (Å²) in [5, 5.41) is 3.49. The van der Waals surface area contributed by atoms with Crippen LogP contribution >= 0.6 is 0 Å². The maximum atomic E-state index is 13.8. The molecular weight excluding hydrogens is 475 g/mol. The normalized spacial score (nSPS) is 21.8. The number of rotatable bonds is 7. The molecule has 2 atom stereocenters. The van der Waals surface area contributed by atoms with Gasteiger partial charge in [-0.2, -0.15) is 0 Å². The van der Waals surface area contributed by atoms with Crippen LogP contribution in [0.1, 0.15) is 36.1 Å². The molecule has 0 aliphatic carbocycles. The van der Waals surface area contributed by atoms with Gasteiger partial charge in [0.25, 0.3) is 6.43 Å². The lowest BCUT2D eigenvalue weighted by molar-refractivity contribution is -0.114. The fraction of sp³-hybridized carbons (Fsp3) is 0.480. The molecule has 2 unspecified atom stereocenters. The summed E-state index contributed by atoms with van der Waals surface area (Å²) in [5.41, 5.74) is 2.69. The van der Waals surface area contributed by atoms with E-state index in [1.807, 2.05) is 29.8 Å². The highest BCUT2D eigenvalue weighted by atomic mass is 19.3. The number of hydrogen-bond acceptors (Lipinski definition) is 6. The van der Waals surface area contributed by atoms with Crippen molar-refractivity contribution in [1.29, 1.82) is 0 Å². The van der Waals surface area contributed by atoms with Crippen LogP contribution in [0.15, 0.2) is 30.6 Å². The summed E-state index contributed by atoms with van der Waals surface area (Å²) >= 11 is 0. The number of amides is 1. The maximum Gasteiger partial charge on any atom is 0.282 e. The summed E-state index contributed by atoms with van der Waals surface area (Å²) in [7, 11) is 1.65. The molecule has 0 radical (unpaired) electrons. The summed E-state index contributed by atoms with van der Waals surface area (Å²) in [6, 6.07) is 5.67. The monoisotopic (exact) mass is 503 g/mol. The van der Waals surface area contributed by atoms with E-state index in [9.17, 15) is 18.0 Å². The number of aryl methyl sites for hydroxylation is 1. The first kappa shape index (κ1) is 24.7. The standard InChI is InChI=1S/C25H28F3N5O3/c1-14-6-20(25(35-3)4-5-36-13-25)31-22(7-14)33-12-18(16-10-32(11-16)24(28)23(26)27)17-9-29-21(8-19(17)33)30-15(2)34/h6-9,12,16,23-24H,4-5,10-11,13H2,1-3H3,(H,29,30,34). The zero-order valence-corrected chi connectivity index (χ0v) is 20.3. The first-order valence-electron chi connectivity index (χ1n) is 11.8. The van der Waals surface area contributed by atoms with Crippen molar-refractivity contribution in [3.05, 3.63) is 47.4 Å². The molecule has 2 aliphatic rings. The number of pyridine rings is 2. The zero-order valence-electron chi connectivity index (χ0n) is 20.3. The van der Waals surface area contributed by atoms with Gasteiger partial charge in [0.2, 0.25) is 12.2 Å². The van der Waals surface area contributed by atoms with Gasteiger partial charge < -0.3 is 19.4 Å². The van der Waals surface area contributed by atoms with Gasteiger partial charge >= 0.3 is 0 Å². The van der Waals surface area contributed by atoms with Gasteiger partial charge in [0.05, 0.1) is 17.8 Å². The molecule has 3 aromatic rings. The zero-order chi connectivity index (χ0) is 25.6. The molecule has 5 heterocycles. The topological polar surface area (TPSA) is 81.5 Å². The van der Waals surface area contributed by atoms with Crippen molar-refractivity contribution in [3.8, 4) is 5.82 Å². The number of nitrogens with zero attached hydrogens (tertiary/aromatic N) is 4. The fourth-order valence-corrected chi connectivity index (χ4v) is 5.00. The van der Waals surface area contributed by atoms with Crippen molar-refractivity contribution < 1.29 is 27.4 Å². The number of nitrogens with one attached hydrogen (secondary N) is 1. The van der Waals surface area contributed by atoms with E-state index in [0.717, 1.165) is 32.6 Å². The Balaban J connectivity index is 1.59. The van der Waals surface area contributed by atoms with Crippen LogP contribution in [-0.2, 0) is 19.9 Å². The second-order valence-electron chi connectivity index (χ2n) is 9.47. The molecule has 0 spiro atoms. The molecular formula is C25H28F3N5O3. The number of fused-ring (bicyclic) bond motifs is 1. The first-order valence-corrected chi connectivity index (χ1v) is 11.8. The van der Waals surface area contributed by atoms with Gasteiger partial charge in [0, 0.05) is 69.9 Å². The predicted molar refractivity (Wildman–Crippen MR) is 127 cm³/mol. The minimum Gasteiger partial charge on any atom is -0.378 e. The number of ether oxygens (including phenoxy) is 2. The minimum absolute atomic E-state index is 0.142. The van der Waals surface area contributed by atoms with Crippen molar-refractivity contribution in [3.63, 3.8) is 0 Å². The number of anilines is 1. The number of methoxy groups -OCH3 is 1. The highest BCUT2D eigenvalue weighted by Crippen LogP contribution is 2.38. The predicted octanol–water partition coefficient (Wildman–Crippen LogP) is 3.91. The van der Waals surface area contributed by atoms with E-state index >= 15 is 0 Å². The summed E-state index contributed by atoms with van der Waals surface area (Å²) in [5.74, 6) is 0.617. The van der Waals surface area contributed by atoms with Crippen LogP contribution in [-0.4, -0.2) is 71.5 Å². The Morgan fingerprint density at radius 3 is 2.69 bits per heavy atom. The molecule has 0 saturated carbocycles. The van der Waals surface area contributed by atoms with E-state index in [2.05, 4.69) is 10.3 Å². The molecule has 1 amide bonds. The maximum absolute atomic E-state index is 13.8. The van der Waals surface area contributed by atoms with E-state index in [4.69, 9.17) is 14.5 Å². The molecule has 2 fully saturated rings. The van der Waals surface area contributed by atoms with Crippen molar-refractivity contribution in [1.82, 2.24) is 19.4 Å². The average molecular weight is 504 g/mol. The molecule has 1 N–H and O–H groups in total. The summed E-state index contributed by atoms with van der Waals surface area (Å²) in [6.07, 6.45) is -1.10. The Morgan fingerprint density at radius 1 is 1.28 bits per heavy atom. The fourth-order valence-electron chi connectivity index (χ4n) is 5.00. The minimum atomic E-state index is -3.04. The largest absolute Gasteiger partial charge is 0.378 e. The summed E-state index contributed by atoms with van der Waals surface area (Å²) < 4.78 is 52.8. The second-order valence-corrected chi connectivity index (χ2v) is 9.47. The number of alkyl halides is 3. The van der Waals surface area contributed by atoms with Crippen LogP contribution in [0.4, 0.5) is 19.0 Å². The van der Waals surface area contributed by atoms with Gasteiger partial charge in [-0.15, -0.1) is 0 Å². The number of likely N-dealkylation sites (tertiary alicyclic amines) is 1. The van der Waals surface area contributed by atoms with E-state index in [0.29, 0.717) is 31.3 Å². The molecule has 2 aliphatic heterocycles. The lowest BCUT2D eigenvalue weighted by Crippen LogP contribution is -2.51. The molecule has 5 rings (SSSR count). The van der Waals surface area contributed by atoms with Gasteiger partial charge in [-0.25, -0.2) is 23.1 Å². The SMILES string of the molecule is COC1(c2cc(C)cc(-n3cc(C4CN(C(F)C(F)F)C4)c4cnc(NC(C)=O)cc43)n2)CCOC1. The van der Waals surface area contributed by atoms with Crippen LogP contribution in [0.5, 0.6) is 0 Å². The molecule has 0 bridgehead atoms. The van der Waals surface area contributed by atoms with Gasteiger partial charge in [0.15, 0.2) is 0 Å². The molecule has 3 aromatic heterocycles.